The number of carbonyl (C=O) groups is 1. The Bertz CT molecular complexity index is 1180. The van der Waals surface area contributed by atoms with Gasteiger partial charge in [0.15, 0.2) is 0 Å². The Hall–Kier alpha value is -2.57. The second-order valence-corrected chi connectivity index (χ2v) is 11.5. The van der Waals surface area contributed by atoms with Crippen LogP contribution in [-0.2, 0) is 21.4 Å². The lowest BCUT2D eigenvalue weighted by molar-refractivity contribution is -0.192. The van der Waals surface area contributed by atoms with E-state index in [1.165, 1.54) is 12.3 Å². The van der Waals surface area contributed by atoms with Crippen LogP contribution in [0.15, 0.2) is 41.4 Å². The van der Waals surface area contributed by atoms with Gasteiger partial charge in [0.05, 0.1) is 5.02 Å². The van der Waals surface area contributed by atoms with Crippen molar-refractivity contribution in [3.63, 3.8) is 0 Å². The molecule has 1 atom stereocenters. The number of carboxylic acids is 1. The number of alkyl halides is 3. The molecule has 0 amide bonds. The zero-order valence-corrected chi connectivity index (χ0v) is 22.7. The fourth-order valence-electron chi connectivity index (χ4n) is 3.85. The lowest BCUT2D eigenvalue weighted by Crippen LogP contribution is -2.41. The Kier molecular flexibility index (Phi) is 10.6. The van der Waals surface area contributed by atoms with E-state index in [1.807, 2.05) is 43.3 Å². The van der Waals surface area contributed by atoms with Gasteiger partial charge in [0.1, 0.15) is 10.7 Å². The average molecular weight is 565 g/mol. The van der Waals surface area contributed by atoms with E-state index in [-0.39, 0.29) is 4.90 Å². The van der Waals surface area contributed by atoms with Gasteiger partial charge < -0.3 is 15.3 Å². The van der Waals surface area contributed by atoms with Gasteiger partial charge in [0, 0.05) is 45.6 Å². The molecule has 206 valence electrons. The van der Waals surface area contributed by atoms with Gasteiger partial charge >= 0.3 is 12.1 Å². The summed E-state index contributed by atoms with van der Waals surface area (Å²) in [4.78, 5) is 15.4. The smallest absolute Gasteiger partial charge is 0.475 e. The number of rotatable bonds is 7. The predicted molar refractivity (Wildman–Crippen MR) is 137 cm³/mol. The van der Waals surface area contributed by atoms with Crippen LogP contribution in [0.1, 0.15) is 32.3 Å². The number of nitrogens with zero attached hydrogens (tertiary/aromatic N) is 3. The Labute approximate surface area is 220 Å². The summed E-state index contributed by atoms with van der Waals surface area (Å²) in [6, 6.07) is 9.57. The number of hydrogen-bond acceptors (Lipinski definition) is 6. The summed E-state index contributed by atoms with van der Waals surface area (Å²) < 4.78 is 59.6. The fraction of sp³-hybridized carbons (Fsp3) is 0.500. The first-order valence-electron chi connectivity index (χ1n) is 11.6. The molecule has 2 N–H and O–H groups in total. The van der Waals surface area contributed by atoms with Crippen molar-refractivity contribution < 1.29 is 31.5 Å². The van der Waals surface area contributed by atoms with E-state index in [0.717, 1.165) is 24.1 Å². The zero-order valence-electron chi connectivity index (χ0n) is 21.1. The Morgan fingerprint density at radius 3 is 2.46 bits per heavy atom. The highest BCUT2D eigenvalue weighted by molar-refractivity contribution is 7.89. The SMILES string of the molecule is CC(C)C1CCCN(S(=O)(=O)c2cnc(NCc3ccccc3N(C)C)c(Cl)c2)C1.O=C(O)C(F)(F)F. The largest absolute Gasteiger partial charge is 0.490 e. The van der Waals surface area contributed by atoms with Crippen LogP contribution in [0.4, 0.5) is 24.7 Å². The molecule has 2 aromatic rings. The van der Waals surface area contributed by atoms with E-state index in [0.29, 0.717) is 42.3 Å². The van der Waals surface area contributed by atoms with Crippen molar-refractivity contribution in [2.24, 2.45) is 11.8 Å². The van der Waals surface area contributed by atoms with Crippen LogP contribution in [0.3, 0.4) is 0 Å². The molecule has 1 unspecified atom stereocenters. The van der Waals surface area contributed by atoms with Gasteiger partial charge in [-0.15, -0.1) is 0 Å². The van der Waals surface area contributed by atoms with Crippen LogP contribution in [0, 0.1) is 11.8 Å². The number of nitrogens with one attached hydrogen (secondary N) is 1. The van der Waals surface area contributed by atoms with Gasteiger partial charge in [0.25, 0.3) is 0 Å². The van der Waals surface area contributed by atoms with Crippen LogP contribution < -0.4 is 10.2 Å². The standard InChI is InChI=1S/C22H31ClN4O2S.C2HF3O2/c1-16(2)18-9-7-11-27(15-18)30(28,29)19-12-20(23)22(25-14-19)24-13-17-8-5-6-10-21(17)26(3)4;3-2(4,5)1(6)7/h5-6,8,10,12,14,16,18H,7,9,11,13,15H2,1-4H3,(H,24,25);(H,6,7). The highest BCUT2D eigenvalue weighted by Crippen LogP contribution is 2.30. The Morgan fingerprint density at radius 1 is 1.30 bits per heavy atom. The number of aromatic nitrogens is 1. The van der Waals surface area contributed by atoms with Crippen LogP contribution >= 0.6 is 11.6 Å². The normalized spacial score (nSPS) is 16.6. The van der Waals surface area contributed by atoms with Gasteiger partial charge in [-0.3, -0.25) is 0 Å². The minimum absolute atomic E-state index is 0.149. The van der Waals surface area contributed by atoms with Crippen molar-refractivity contribution in [3.8, 4) is 0 Å². The summed E-state index contributed by atoms with van der Waals surface area (Å²) in [5, 5.41) is 10.7. The van der Waals surface area contributed by atoms with Crippen molar-refractivity contribution in [1.82, 2.24) is 9.29 Å². The van der Waals surface area contributed by atoms with E-state index >= 15 is 0 Å². The van der Waals surface area contributed by atoms with Crippen molar-refractivity contribution in [2.75, 3.05) is 37.4 Å². The number of benzene rings is 1. The molecule has 1 aromatic carbocycles. The summed E-state index contributed by atoms with van der Waals surface area (Å²) in [6.07, 6.45) is -1.73. The lowest BCUT2D eigenvalue weighted by atomic mass is 9.89. The second-order valence-electron chi connectivity index (χ2n) is 9.19. The molecule has 37 heavy (non-hydrogen) atoms. The number of halogens is 4. The van der Waals surface area contributed by atoms with Gasteiger partial charge in [-0.2, -0.15) is 17.5 Å². The number of hydrogen-bond donors (Lipinski definition) is 2. The van der Waals surface area contributed by atoms with Gasteiger partial charge in [-0.05, 0) is 42.4 Å². The number of aliphatic carboxylic acids is 1. The Morgan fingerprint density at radius 2 is 1.92 bits per heavy atom. The van der Waals surface area contributed by atoms with Gasteiger partial charge in [-0.25, -0.2) is 18.2 Å². The number of piperidine rings is 1. The highest BCUT2D eigenvalue weighted by atomic mass is 35.5. The predicted octanol–water partition coefficient (Wildman–Crippen LogP) is 5.10. The van der Waals surface area contributed by atoms with E-state index in [1.54, 1.807) is 4.31 Å². The first kappa shape index (κ1) is 30.7. The van der Waals surface area contributed by atoms with E-state index in [4.69, 9.17) is 21.5 Å². The first-order chi connectivity index (χ1) is 17.1. The monoisotopic (exact) mass is 564 g/mol. The number of sulfonamides is 1. The molecule has 3 rings (SSSR count). The molecule has 0 spiro atoms. The third-order valence-electron chi connectivity index (χ3n) is 5.98. The van der Waals surface area contributed by atoms with Crippen molar-refractivity contribution in [2.45, 2.75) is 44.3 Å². The second kappa shape index (κ2) is 12.8. The highest BCUT2D eigenvalue weighted by Gasteiger charge is 2.38. The quantitative estimate of drug-likeness (QED) is 0.482. The number of carboxylic acid groups (broad SMARTS) is 1. The number of para-hydroxylation sites is 1. The maximum atomic E-state index is 13.1. The molecule has 1 aromatic heterocycles. The summed E-state index contributed by atoms with van der Waals surface area (Å²) >= 11 is 6.40. The third kappa shape index (κ3) is 8.47. The third-order valence-corrected chi connectivity index (χ3v) is 8.10. The van der Waals surface area contributed by atoms with E-state index in [9.17, 15) is 21.6 Å². The van der Waals surface area contributed by atoms with E-state index in [2.05, 4.69) is 24.1 Å². The topological polar surface area (TPSA) is 103 Å². The molecule has 8 nitrogen and oxygen atoms in total. The minimum atomic E-state index is -5.08. The molecule has 1 saturated heterocycles. The molecule has 1 aliphatic rings. The molecule has 13 heteroatoms. The average Bonchev–Trinajstić information content (AvgIpc) is 2.83. The molecule has 1 aliphatic heterocycles. The van der Waals surface area contributed by atoms with Crippen molar-refractivity contribution in [3.05, 3.63) is 47.1 Å². The molecule has 0 saturated carbocycles. The maximum absolute atomic E-state index is 13.1. The number of pyridine rings is 1. The van der Waals surface area contributed by atoms with Crippen LogP contribution in [-0.4, -0.2) is 62.1 Å². The molecule has 0 radical (unpaired) electrons. The summed E-state index contributed by atoms with van der Waals surface area (Å²) in [6.45, 7) is 5.93. The minimum Gasteiger partial charge on any atom is -0.475 e. The van der Waals surface area contributed by atoms with Crippen molar-refractivity contribution >= 4 is 39.1 Å². The maximum Gasteiger partial charge on any atom is 0.490 e. The van der Waals surface area contributed by atoms with Crippen LogP contribution in [0.5, 0.6) is 0 Å². The van der Waals surface area contributed by atoms with Crippen LogP contribution in [0.25, 0.3) is 0 Å². The van der Waals surface area contributed by atoms with Gasteiger partial charge in [0.2, 0.25) is 10.0 Å². The molecular weight excluding hydrogens is 533 g/mol. The summed E-state index contributed by atoms with van der Waals surface area (Å²) in [5.41, 5.74) is 2.20. The lowest BCUT2D eigenvalue weighted by Gasteiger charge is -2.33. The number of anilines is 2. The molecule has 0 bridgehead atoms. The molecule has 0 aliphatic carbocycles. The summed E-state index contributed by atoms with van der Waals surface area (Å²) in [5.74, 6) is -1.44. The summed E-state index contributed by atoms with van der Waals surface area (Å²) in [7, 11) is 0.388. The van der Waals surface area contributed by atoms with Crippen molar-refractivity contribution in [1.29, 1.82) is 0 Å². The fourth-order valence-corrected chi connectivity index (χ4v) is 5.66. The molecular formula is C24H32ClF3N4O4S. The Balaban J connectivity index is 0.000000604. The molecule has 1 fully saturated rings. The van der Waals surface area contributed by atoms with E-state index < -0.39 is 22.2 Å². The zero-order chi connectivity index (χ0) is 28.0. The molecule has 2 heterocycles. The first-order valence-corrected chi connectivity index (χ1v) is 13.4. The van der Waals surface area contributed by atoms with Crippen LogP contribution in [0.2, 0.25) is 5.02 Å². The van der Waals surface area contributed by atoms with Gasteiger partial charge in [-0.1, -0.05) is 43.6 Å².